The molecule has 0 aliphatic rings. The molecule has 4 N–H and O–H groups in total. The lowest BCUT2D eigenvalue weighted by atomic mass is 10.1. The Kier molecular flexibility index (Phi) is 3.91. The zero-order valence-corrected chi connectivity index (χ0v) is 14.9. The summed E-state index contributed by atoms with van der Waals surface area (Å²) in [6.45, 7) is 0. The van der Waals surface area contributed by atoms with Gasteiger partial charge in [-0.3, -0.25) is 25.7 Å². The van der Waals surface area contributed by atoms with E-state index in [0.29, 0.717) is 16.7 Å². The minimum atomic E-state index is -0.471. The Balaban J connectivity index is 1.44. The molecule has 1 amide bonds. The molecule has 3 heterocycles. The van der Waals surface area contributed by atoms with Gasteiger partial charge in [0.1, 0.15) is 11.5 Å². The molecule has 5 aromatic rings. The molecular weight excluding hydrogens is 373 g/mol. The minimum Gasteiger partial charge on any atom is -0.334 e. The Morgan fingerprint density at radius 1 is 1.03 bits per heavy atom. The average molecular weight is 387 g/mol. The van der Waals surface area contributed by atoms with Crippen molar-refractivity contribution in [1.82, 2.24) is 30.6 Å². The zero-order chi connectivity index (χ0) is 19.8. The van der Waals surface area contributed by atoms with Gasteiger partial charge in [-0.15, -0.1) is 0 Å². The molecule has 142 valence electrons. The number of aromatic amines is 2. The molecule has 2 aromatic carbocycles. The summed E-state index contributed by atoms with van der Waals surface area (Å²) in [5.74, 6) is -0.738. The standard InChI is InChI=1S/C20H14FN7O/c21-12-2-1-3-13(8-12)25-28-20(29)19-23-16-9-14-15(10-17(16)24-19)26-27-18(14)11-4-6-22-7-5-11/h1-10,25H,(H,23,24)(H,26,27)(H,28,29). The number of hydrogen-bond donors (Lipinski definition) is 4. The van der Waals surface area contributed by atoms with E-state index in [1.54, 1.807) is 24.5 Å². The van der Waals surface area contributed by atoms with Crippen LogP contribution in [0.3, 0.4) is 0 Å². The van der Waals surface area contributed by atoms with E-state index in [4.69, 9.17) is 0 Å². The quantitative estimate of drug-likeness (QED) is 0.353. The molecule has 0 bridgehead atoms. The van der Waals surface area contributed by atoms with Crippen molar-refractivity contribution in [2.45, 2.75) is 0 Å². The highest BCUT2D eigenvalue weighted by molar-refractivity contribution is 6.02. The first-order valence-electron chi connectivity index (χ1n) is 8.77. The number of pyridine rings is 1. The van der Waals surface area contributed by atoms with Crippen LogP contribution in [-0.4, -0.2) is 31.1 Å². The molecule has 0 radical (unpaired) electrons. The van der Waals surface area contributed by atoms with Crippen molar-refractivity contribution in [3.63, 3.8) is 0 Å². The lowest BCUT2D eigenvalue weighted by molar-refractivity contribution is 0.0953. The van der Waals surface area contributed by atoms with E-state index in [1.807, 2.05) is 24.3 Å². The van der Waals surface area contributed by atoms with Crippen LogP contribution in [0.25, 0.3) is 33.2 Å². The van der Waals surface area contributed by atoms with E-state index in [-0.39, 0.29) is 5.82 Å². The molecule has 0 spiro atoms. The Morgan fingerprint density at radius 3 is 2.72 bits per heavy atom. The van der Waals surface area contributed by atoms with Gasteiger partial charge in [0.05, 0.1) is 22.2 Å². The van der Waals surface area contributed by atoms with Crippen LogP contribution in [0, 0.1) is 5.82 Å². The van der Waals surface area contributed by atoms with Gasteiger partial charge in [-0.25, -0.2) is 9.37 Å². The van der Waals surface area contributed by atoms with Crippen LogP contribution in [0.15, 0.2) is 60.9 Å². The summed E-state index contributed by atoms with van der Waals surface area (Å²) < 4.78 is 13.2. The number of carbonyl (C=O) groups excluding carboxylic acids is 1. The van der Waals surface area contributed by atoms with Crippen LogP contribution >= 0.6 is 0 Å². The number of carbonyl (C=O) groups is 1. The average Bonchev–Trinajstić information content (AvgIpc) is 3.34. The number of benzene rings is 2. The number of hydrogen-bond acceptors (Lipinski definition) is 5. The van der Waals surface area contributed by atoms with Gasteiger partial charge in [-0.05, 0) is 42.5 Å². The van der Waals surface area contributed by atoms with Gasteiger partial charge in [0.2, 0.25) is 0 Å². The Hall–Kier alpha value is -4.27. The van der Waals surface area contributed by atoms with Crippen LogP contribution in [0.4, 0.5) is 10.1 Å². The number of nitrogens with zero attached hydrogens (tertiary/aromatic N) is 3. The highest BCUT2D eigenvalue weighted by Crippen LogP contribution is 2.28. The molecule has 0 aliphatic carbocycles. The molecule has 0 saturated heterocycles. The first-order chi connectivity index (χ1) is 14.2. The van der Waals surface area contributed by atoms with Crippen molar-refractivity contribution in [2.75, 3.05) is 5.43 Å². The molecule has 0 atom stereocenters. The molecular formula is C20H14FN7O. The first kappa shape index (κ1) is 16.9. The number of nitrogens with one attached hydrogen (secondary N) is 4. The molecule has 5 rings (SSSR count). The predicted molar refractivity (Wildman–Crippen MR) is 106 cm³/mol. The molecule has 0 aliphatic heterocycles. The summed E-state index contributed by atoms with van der Waals surface area (Å²) in [7, 11) is 0. The fraction of sp³-hybridized carbons (Fsp3) is 0. The van der Waals surface area contributed by atoms with Crippen LogP contribution in [0.1, 0.15) is 10.6 Å². The summed E-state index contributed by atoms with van der Waals surface area (Å²) in [6.07, 6.45) is 3.41. The van der Waals surface area contributed by atoms with Crippen LogP contribution in [-0.2, 0) is 0 Å². The molecule has 0 saturated carbocycles. The summed E-state index contributed by atoms with van der Waals surface area (Å²) in [5.41, 5.74) is 9.44. The van der Waals surface area contributed by atoms with Crippen LogP contribution in [0.5, 0.6) is 0 Å². The second-order valence-electron chi connectivity index (χ2n) is 6.40. The summed E-state index contributed by atoms with van der Waals surface area (Å²) >= 11 is 0. The largest absolute Gasteiger partial charge is 0.334 e. The van der Waals surface area contributed by atoms with E-state index in [9.17, 15) is 9.18 Å². The maximum absolute atomic E-state index is 13.2. The fourth-order valence-corrected chi connectivity index (χ4v) is 3.11. The van der Waals surface area contributed by atoms with Gasteiger partial charge in [0.15, 0.2) is 5.82 Å². The van der Waals surface area contributed by atoms with Crippen molar-refractivity contribution in [3.05, 3.63) is 72.6 Å². The van der Waals surface area contributed by atoms with Gasteiger partial charge in [-0.2, -0.15) is 5.10 Å². The highest BCUT2D eigenvalue weighted by atomic mass is 19.1. The summed E-state index contributed by atoms with van der Waals surface area (Å²) in [6, 6.07) is 13.3. The van der Waals surface area contributed by atoms with Crippen molar-refractivity contribution in [1.29, 1.82) is 0 Å². The molecule has 3 aromatic heterocycles. The van der Waals surface area contributed by atoms with Crippen LogP contribution in [0.2, 0.25) is 0 Å². The number of imidazole rings is 1. The molecule has 0 unspecified atom stereocenters. The SMILES string of the molecule is O=C(NNc1cccc(F)c1)c1nc2cc3c(-c4ccncc4)n[nH]c3cc2[nH]1. The smallest absolute Gasteiger partial charge is 0.305 e. The lowest BCUT2D eigenvalue weighted by Crippen LogP contribution is -2.30. The minimum absolute atomic E-state index is 0.134. The maximum atomic E-state index is 13.2. The van der Waals surface area contributed by atoms with E-state index < -0.39 is 11.7 Å². The number of H-pyrrole nitrogens is 2. The Bertz CT molecular complexity index is 1340. The lowest BCUT2D eigenvalue weighted by Gasteiger charge is -2.06. The number of aromatic nitrogens is 5. The van der Waals surface area contributed by atoms with Crippen molar-refractivity contribution < 1.29 is 9.18 Å². The monoisotopic (exact) mass is 387 g/mol. The van der Waals surface area contributed by atoms with E-state index in [0.717, 1.165) is 22.2 Å². The number of anilines is 1. The van der Waals surface area contributed by atoms with E-state index in [1.165, 1.54) is 12.1 Å². The van der Waals surface area contributed by atoms with Gasteiger partial charge in [-0.1, -0.05) is 6.07 Å². The van der Waals surface area contributed by atoms with E-state index >= 15 is 0 Å². The third-order valence-electron chi connectivity index (χ3n) is 4.48. The van der Waals surface area contributed by atoms with Gasteiger partial charge < -0.3 is 4.98 Å². The number of rotatable bonds is 4. The fourth-order valence-electron chi connectivity index (χ4n) is 3.11. The number of halogens is 1. The third kappa shape index (κ3) is 3.14. The third-order valence-corrected chi connectivity index (χ3v) is 4.48. The summed E-state index contributed by atoms with van der Waals surface area (Å²) in [4.78, 5) is 23.8. The molecule has 9 heteroatoms. The maximum Gasteiger partial charge on any atom is 0.305 e. The van der Waals surface area contributed by atoms with Crippen LogP contribution < -0.4 is 10.9 Å². The molecule has 8 nitrogen and oxygen atoms in total. The van der Waals surface area contributed by atoms with Crippen molar-refractivity contribution in [2.24, 2.45) is 0 Å². The van der Waals surface area contributed by atoms with Gasteiger partial charge in [0, 0.05) is 23.3 Å². The second-order valence-corrected chi connectivity index (χ2v) is 6.40. The number of amides is 1. The molecule has 0 fully saturated rings. The highest BCUT2D eigenvalue weighted by Gasteiger charge is 2.15. The zero-order valence-electron chi connectivity index (χ0n) is 14.9. The summed E-state index contributed by atoms with van der Waals surface area (Å²) in [5, 5.41) is 8.27. The van der Waals surface area contributed by atoms with Crippen molar-refractivity contribution >= 4 is 33.5 Å². The van der Waals surface area contributed by atoms with Gasteiger partial charge in [0.25, 0.3) is 0 Å². The second kappa shape index (κ2) is 6.71. The number of hydrazine groups is 1. The predicted octanol–water partition coefficient (Wildman–Crippen LogP) is 3.40. The number of fused-ring (bicyclic) bond motifs is 2. The first-order valence-corrected chi connectivity index (χ1v) is 8.77. The topological polar surface area (TPSA) is 111 Å². The van der Waals surface area contributed by atoms with E-state index in [2.05, 4.69) is 36.0 Å². The van der Waals surface area contributed by atoms with Gasteiger partial charge >= 0.3 is 5.91 Å². The normalized spacial score (nSPS) is 11.1. The Morgan fingerprint density at radius 2 is 1.90 bits per heavy atom. The molecule has 29 heavy (non-hydrogen) atoms. The Labute approximate surface area is 163 Å². The van der Waals surface area contributed by atoms with Crippen molar-refractivity contribution in [3.8, 4) is 11.3 Å².